The van der Waals surface area contributed by atoms with E-state index in [-0.39, 0.29) is 0 Å². The molecular weight excluding hydrogens is 398 g/mol. The van der Waals surface area contributed by atoms with Gasteiger partial charge in [0.25, 0.3) is 0 Å². The molecule has 0 bridgehead atoms. The van der Waals surface area contributed by atoms with Gasteiger partial charge in [-0.3, -0.25) is 4.79 Å². The molecule has 6 rings (SSSR count). The Balaban J connectivity index is 1.59. The van der Waals surface area contributed by atoms with Crippen LogP contribution in [0.2, 0.25) is 0 Å². The van der Waals surface area contributed by atoms with Gasteiger partial charge in [0, 0.05) is 22.7 Å². The Morgan fingerprint density at radius 1 is 0.906 bits per heavy atom. The van der Waals surface area contributed by atoms with Gasteiger partial charge in [0.05, 0.1) is 22.3 Å². The smallest absolute Gasteiger partial charge is 0.229 e. The number of fused-ring (bicyclic) bond motifs is 2. The monoisotopic (exact) mass is 417 g/mol. The number of para-hydroxylation sites is 1. The van der Waals surface area contributed by atoms with Gasteiger partial charge in [0.2, 0.25) is 5.95 Å². The van der Waals surface area contributed by atoms with Crippen molar-refractivity contribution in [1.29, 1.82) is 0 Å². The summed E-state index contributed by atoms with van der Waals surface area (Å²) in [5.74, 6) is 0.570. The van der Waals surface area contributed by atoms with Crippen LogP contribution in [0.25, 0.3) is 50.4 Å². The molecule has 6 aromatic rings. The summed E-state index contributed by atoms with van der Waals surface area (Å²) in [4.78, 5) is 23.6. The van der Waals surface area contributed by atoms with Gasteiger partial charge in [-0.2, -0.15) is 5.10 Å². The number of carbonyl (C=O) groups excluding carboxylic acids is 1. The van der Waals surface area contributed by atoms with Gasteiger partial charge < -0.3 is 9.97 Å². The predicted octanol–water partition coefficient (Wildman–Crippen LogP) is 5.68. The molecule has 0 saturated carbocycles. The second-order valence-corrected chi connectivity index (χ2v) is 7.86. The highest BCUT2D eigenvalue weighted by molar-refractivity contribution is 6.05. The Labute approximate surface area is 183 Å². The molecule has 154 valence electrons. The van der Waals surface area contributed by atoms with Gasteiger partial charge >= 0.3 is 0 Å². The van der Waals surface area contributed by atoms with Gasteiger partial charge in [-0.1, -0.05) is 54.6 Å². The molecule has 0 aliphatic heterocycles. The number of nitrogens with zero attached hydrogens (tertiary/aromatic N) is 3. The van der Waals surface area contributed by atoms with Crippen LogP contribution in [0.15, 0.2) is 79.0 Å². The van der Waals surface area contributed by atoms with Crippen LogP contribution < -0.4 is 0 Å². The van der Waals surface area contributed by atoms with E-state index in [4.69, 9.17) is 5.10 Å². The van der Waals surface area contributed by atoms with Crippen molar-refractivity contribution in [2.45, 2.75) is 6.92 Å². The Morgan fingerprint density at radius 3 is 2.56 bits per heavy atom. The fourth-order valence-electron chi connectivity index (χ4n) is 4.20. The third-order valence-corrected chi connectivity index (χ3v) is 5.72. The van der Waals surface area contributed by atoms with Crippen LogP contribution in [-0.4, -0.2) is 31.0 Å². The number of imidazole rings is 1. The summed E-state index contributed by atoms with van der Waals surface area (Å²) in [7, 11) is 0. The number of hydrogen-bond donors (Lipinski definition) is 2. The molecule has 3 aromatic carbocycles. The zero-order valence-electron chi connectivity index (χ0n) is 17.3. The van der Waals surface area contributed by atoms with Crippen LogP contribution in [0.3, 0.4) is 0 Å². The van der Waals surface area contributed by atoms with Crippen molar-refractivity contribution >= 4 is 28.2 Å². The largest absolute Gasteiger partial charge is 0.354 e. The van der Waals surface area contributed by atoms with Crippen LogP contribution in [-0.2, 0) is 0 Å². The number of carbonyl (C=O) groups is 1. The van der Waals surface area contributed by atoms with Gasteiger partial charge in [-0.05, 0) is 36.2 Å². The first-order valence-electron chi connectivity index (χ1n) is 10.4. The number of aromatic nitrogens is 5. The van der Waals surface area contributed by atoms with Crippen molar-refractivity contribution in [3.8, 4) is 28.5 Å². The van der Waals surface area contributed by atoms with Crippen molar-refractivity contribution in [3.63, 3.8) is 0 Å². The molecule has 2 N–H and O–H groups in total. The first kappa shape index (κ1) is 18.3. The maximum Gasteiger partial charge on any atom is 0.229 e. The standard InChI is InChI=1S/C26H19N5O/c1-16-11-12-21-22(13-16)29-26(28-21)31-14-18(15-32)25(30-31)23-19-9-5-6-10-20(19)27-24(23)17-7-3-2-4-8-17/h2-15,27H,1H3,(H,28,29). The average Bonchev–Trinajstić information content (AvgIpc) is 3.53. The molecule has 6 nitrogen and oxygen atoms in total. The van der Waals surface area contributed by atoms with E-state index < -0.39 is 0 Å². The van der Waals surface area contributed by atoms with Gasteiger partial charge in [0.1, 0.15) is 5.69 Å². The molecule has 0 aliphatic carbocycles. The Morgan fingerprint density at radius 2 is 1.72 bits per heavy atom. The van der Waals surface area contributed by atoms with Gasteiger partial charge in [0.15, 0.2) is 6.29 Å². The quantitative estimate of drug-likeness (QED) is 0.362. The SMILES string of the molecule is Cc1ccc2nc(-n3cc(C=O)c(-c4c(-c5ccccc5)[nH]c5ccccc45)n3)[nH]c2c1. The minimum absolute atomic E-state index is 0.503. The first-order chi connectivity index (χ1) is 15.7. The number of nitrogens with one attached hydrogen (secondary N) is 2. The maximum absolute atomic E-state index is 12.1. The summed E-state index contributed by atoms with van der Waals surface area (Å²) in [6.07, 6.45) is 2.58. The zero-order chi connectivity index (χ0) is 21.7. The minimum Gasteiger partial charge on any atom is -0.354 e. The Hall–Kier alpha value is -4.45. The minimum atomic E-state index is 0.503. The molecule has 0 saturated heterocycles. The van der Waals surface area contributed by atoms with Crippen molar-refractivity contribution in [1.82, 2.24) is 24.7 Å². The number of hydrogen-bond acceptors (Lipinski definition) is 3. The van der Waals surface area contributed by atoms with E-state index in [0.717, 1.165) is 50.6 Å². The van der Waals surface area contributed by atoms with E-state index in [9.17, 15) is 4.79 Å². The van der Waals surface area contributed by atoms with Gasteiger partial charge in [-0.15, -0.1) is 0 Å². The molecule has 0 fully saturated rings. The lowest BCUT2D eigenvalue weighted by Crippen LogP contribution is -1.97. The highest BCUT2D eigenvalue weighted by atomic mass is 16.1. The number of aromatic amines is 2. The van der Waals surface area contributed by atoms with Gasteiger partial charge in [-0.25, -0.2) is 9.67 Å². The average molecular weight is 417 g/mol. The summed E-state index contributed by atoms with van der Waals surface area (Å²) in [6.45, 7) is 2.04. The summed E-state index contributed by atoms with van der Waals surface area (Å²) >= 11 is 0. The second kappa shape index (κ2) is 7.06. The van der Waals surface area contributed by atoms with E-state index in [0.29, 0.717) is 17.2 Å². The van der Waals surface area contributed by atoms with Crippen LogP contribution >= 0.6 is 0 Å². The normalized spacial score (nSPS) is 11.4. The fraction of sp³-hybridized carbons (Fsp3) is 0.0385. The van der Waals surface area contributed by atoms with Crippen molar-refractivity contribution in [2.75, 3.05) is 0 Å². The summed E-state index contributed by atoms with van der Waals surface area (Å²) < 4.78 is 1.64. The molecule has 0 spiro atoms. The van der Waals surface area contributed by atoms with Crippen LogP contribution in [0.1, 0.15) is 15.9 Å². The topological polar surface area (TPSA) is 79.4 Å². The maximum atomic E-state index is 12.1. The summed E-state index contributed by atoms with van der Waals surface area (Å²) in [6, 6.07) is 24.2. The van der Waals surface area contributed by atoms with Crippen LogP contribution in [0.5, 0.6) is 0 Å². The Kier molecular flexibility index (Phi) is 4.04. The Bertz CT molecular complexity index is 1600. The number of H-pyrrole nitrogens is 2. The van der Waals surface area contributed by atoms with Crippen LogP contribution in [0.4, 0.5) is 0 Å². The van der Waals surface area contributed by atoms with Crippen molar-refractivity contribution < 1.29 is 4.79 Å². The highest BCUT2D eigenvalue weighted by Gasteiger charge is 2.21. The molecule has 0 aliphatic rings. The van der Waals surface area contributed by atoms with E-state index in [1.165, 1.54) is 0 Å². The van der Waals surface area contributed by atoms with E-state index in [1.54, 1.807) is 10.9 Å². The van der Waals surface area contributed by atoms with E-state index >= 15 is 0 Å². The molecule has 32 heavy (non-hydrogen) atoms. The van der Waals surface area contributed by atoms with Crippen molar-refractivity contribution in [2.24, 2.45) is 0 Å². The predicted molar refractivity (Wildman–Crippen MR) is 126 cm³/mol. The lowest BCUT2D eigenvalue weighted by atomic mass is 10.0. The number of aldehydes is 1. The summed E-state index contributed by atoms with van der Waals surface area (Å²) in [5.41, 5.74) is 7.91. The number of aryl methyl sites for hydroxylation is 1. The molecule has 0 radical (unpaired) electrons. The molecular formula is C26H19N5O. The number of rotatable bonds is 4. The third kappa shape index (κ3) is 2.85. The molecule has 0 amide bonds. The summed E-state index contributed by atoms with van der Waals surface area (Å²) in [5, 5.41) is 5.83. The van der Waals surface area contributed by atoms with E-state index in [2.05, 4.69) is 15.0 Å². The molecule has 6 heteroatoms. The lowest BCUT2D eigenvalue weighted by Gasteiger charge is -2.04. The van der Waals surface area contributed by atoms with Crippen molar-refractivity contribution in [3.05, 3.63) is 90.1 Å². The number of benzene rings is 3. The highest BCUT2D eigenvalue weighted by Crippen LogP contribution is 2.38. The molecule has 3 heterocycles. The van der Waals surface area contributed by atoms with Crippen LogP contribution in [0, 0.1) is 6.92 Å². The molecule has 3 aromatic heterocycles. The first-order valence-corrected chi connectivity index (χ1v) is 10.4. The molecule has 0 atom stereocenters. The fourth-order valence-corrected chi connectivity index (χ4v) is 4.20. The lowest BCUT2D eigenvalue weighted by molar-refractivity contribution is 0.112. The third-order valence-electron chi connectivity index (χ3n) is 5.72. The van der Waals surface area contributed by atoms with E-state index in [1.807, 2.05) is 79.7 Å². The molecule has 0 unspecified atom stereocenters. The second-order valence-electron chi connectivity index (χ2n) is 7.86. The zero-order valence-corrected chi connectivity index (χ0v) is 17.3.